The predicted octanol–water partition coefficient (Wildman–Crippen LogP) is 3.49. The van der Waals surface area contributed by atoms with Crippen LogP contribution in [0.15, 0.2) is 22.7 Å². The second kappa shape index (κ2) is 7.63. The molecule has 2 nitrogen and oxygen atoms in total. The van der Waals surface area contributed by atoms with Gasteiger partial charge in [0.25, 0.3) is 0 Å². The van der Waals surface area contributed by atoms with Crippen molar-refractivity contribution in [2.45, 2.75) is 25.7 Å². The minimum Gasteiger partial charge on any atom is -0.491 e. The molecule has 0 saturated carbocycles. The summed E-state index contributed by atoms with van der Waals surface area (Å²) in [6.45, 7) is 1.30. The van der Waals surface area contributed by atoms with Crippen molar-refractivity contribution in [2.75, 3.05) is 13.2 Å². The Hall–Kier alpha value is -0.610. The monoisotopic (exact) mass is 289 g/mol. The van der Waals surface area contributed by atoms with Crippen molar-refractivity contribution in [1.82, 2.24) is 0 Å². The third kappa shape index (κ3) is 4.94. The number of rotatable bonds is 7. The van der Waals surface area contributed by atoms with Crippen LogP contribution in [0.2, 0.25) is 0 Å². The molecule has 2 N–H and O–H groups in total. The molecular formula is C12H17BrFNO. The van der Waals surface area contributed by atoms with Gasteiger partial charge in [-0.1, -0.05) is 28.8 Å². The normalized spacial score (nSPS) is 10.4. The number of halogens is 2. The van der Waals surface area contributed by atoms with E-state index >= 15 is 0 Å². The van der Waals surface area contributed by atoms with E-state index in [0.29, 0.717) is 12.4 Å². The molecule has 0 aliphatic carbocycles. The molecule has 0 aromatic heterocycles. The molecule has 90 valence electrons. The summed E-state index contributed by atoms with van der Waals surface area (Å²) in [5.41, 5.74) is 5.38. The van der Waals surface area contributed by atoms with Gasteiger partial charge in [-0.2, -0.15) is 0 Å². The lowest BCUT2D eigenvalue weighted by molar-refractivity contribution is 0.290. The molecule has 0 atom stereocenters. The number of benzene rings is 1. The Morgan fingerprint density at radius 1 is 1.19 bits per heavy atom. The van der Waals surface area contributed by atoms with Crippen LogP contribution >= 0.6 is 15.9 Å². The largest absolute Gasteiger partial charge is 0.491 e. The molecule has 1 aromatic rings. The molecule has 4 heteroatoms. The Bertz CT molecular complexity index is 320. The van der Waals surface area contributed by atoms with Crippen molar-refractivity contribution in [2.24, 2.45) is 5.73 Å². The van der Waals surface area contributed by atoms with E-state index in [9.17, 15) is 4.39 Å². The average Bonchev–Trinajstić information content (AvgIpc) is 2.26. The van der Waals surface area contributed by atoms with Gasteiger partial charge >= 0.3 is 0 Å². The zero-order valence-corrected chi connectivity index (χ0v) is 10.8. The minimum atomic E-state index is -0.323. The molecular weight excluding hydrogens is 273 g/mol. The number of ether oxygens (including phenoxy) is 1. The Kier molecular flexibility index (Phi) is 6.42. The molecule has 0 bridgehead atoms. The van der Waals surface area contributed by atoms with Gasteiger partial charge in [0.1, 0.15) is 0 Å². The Balaban J connectivity index is 2.21. The fourth-order valence-corrected chi connectivity index (χ4v) is 1.71. The smallest absolute Gasteiger partial charge is 0.166 e. The molecule has 0 unspecified atom stereocenters. The highest BCUT2D eigenvalue weighted by atomic mass is 79.9. The van der Waals surface area contributed by atoms with E-state index in [2.05, 4.69) is 15.9 Å². The molecule has 0 spiro atoms. The summed E-state index contributed by atoms with van der Waals surface area (Å²) in [5.74, 6) is -0.00152. The Morgan fingerprint density at radius 3 is 2.62 bits per heavy atom. The quantitative estimate of drug-likeness (QED) is 0.780. The highest BCUT2D eigenvalue weighted by Gasteiger charge is 2.02. The summed E-state index contributed by atoms with van der Waals surface area (Å²) in [6.07, 6.45) is 4.18. The maximum Gasteiger partial charge on any atom is 0.166 e. The molecule has 0 amide bonds. The Morgan fingerprint density at radius 2 is 1.94 bits per heavy atom. The van der Waals surface area contributed by atoms with Gasteiger partial charge in [0.05, 0.1) is 6.61 Å². The lowest BCUT2D eigenvalue weighted by Gasteiger charge is -2.07. The molecule has 1 aromatic carbocycles. The first-order valence-electron chi connectivity index (χ1n) is 5.52. The van der Waals surface area contributed by atoms with Crippen LogP contribution in [-0.4, -0.2) is 13.2 Å². The van der Waals surface area contributed by atoms with Crippen LogP contribution in [0.4, 0.5) is 4.39 Å². The van der Waals surface area contributed by atoms with E-state index < -0.39 is 0 Å². The summed E-state index contributed by atoms with van der Waals surface area (Å²) >= 11 is 3.20. The van der Waals surface area contributed by atoms with Gasteiger partial charge in [-0.3, -0.25) is 0 Å². The van der Waals surface area contributed by atoms with E-state index in [1.54, 1.807) is 12.1 Å². The summed E-state index contributed by atoms with van der Waals surface area (Å²) in [6, 6.07) is 4.82. The van der Waals surface area contributed by atoms with Crippen LogP contribution < -0.4 is 10.5 Å². The summed E-state index contributed by atoms with van der Waals surface area (Å²) in [7, 11) is 0. The molecule has 0 saturated heterocycles. The zero-order valence-electron chi connectivity index (χ0n) is 9.22. The van der Waals surface area contributed by atoms with E-state index in [0.717, 1.165) is 36.7 Å². The third-order valence-electron chi connectivity index (χ3n) is 2.25. The fourth-order valence-electron chi connectivity index (χ4n) is 1.37. The molecule has 0 heterocycles. The maximum atomic E-state index is 13.3. The van der Waals surface area contributed by atoms with Crippen LogP contribution in [0.25, 0.3) is 0 Å². The molecule has 16 heavy (non-hydrogen) atoms. The van der Waals surface area contributed by atoms with Crippen molar-refractivity contribution in [3.8, 4) is 5.75 Å². The molecule has 0 aliphatic rings. The minimum absolute atomic E-state index is 0.321. The van der Waals surface area contributed by atoms with Crippen LogP contribution in [-0.2, 0) is 0 Å². The number of nitrogens with two attached hydrogens (primary N) is 1. The van der Waals surface area contributed by atoms with Crippen molar-refractivity contribution in [3.63, 3.8) is 0 Å². The highest BCUT2D eigenvalue weighted by Crippen LogP contribution is 2.21. The van der Waals surface area contributed by atoms with Gasteiger partial charge in [0, 0.05) is 4.47 Å². The first kappa shape index (κ1) is 13.5. The van der Waals surface area contributed by atoms with E-state index in [1.807, 2.05) is 0 Å². The van der Waals surface area contributed by atoms with Gasteiger partial charge in [0.2, 0.25) is 0 Å². The topological polar surface area (TPSA) is 35.2 Å². The van der Waals surface area contributed by atoms with Crippen molar-refractivity contribution < 1.29 is 9.13 Å². The molecule has 1 rings (SSSR count). The number of hydrogen-bond acceptors (Lipinski definition) is 2. The van der Waals surface area contributed by atoms with Crippen LogP contribution in [0, 0.1) is 5.82 Å². The third-order valence-corrected chi connectivity index (χ3v) is 2.74. The second-order valence-corrected chi connectivity index (χ2v) is 4.54. The predicted molar refractivity (Wildman–Crippen MR) is 67.1 cm³/mol. The van der Waals surface area contributed by atoms with Crippen LogP contribution in [0.3, 0.4) is 0 Å². The van der Waals surface area contributed by atoms with Gasteiger partial charge < -0.3 is 10.5 Å². The summed E-state index contributed by atoms with van der Waals surface area (Å²) in [4.78, 5) is 0. The number of unbranched alkanes of at least 4 members (excludes halogenated alkanes) is 3. The lowest BCUT2D eigenvalue weighted by Crippen LogP contribution is -2.01. The summed E-state index contributed by atoms with van der Waals surface area (Å²) in [5, 5.41) is 0. The zero-order chi connectivity index (χ0) is 11.8. The molecule has 0 radical (unpaired) electrons. The maximum absolute atomic E-state index is 13.3. The standard InChI is InChI=1S/C12H17BrFNO/c13-10-5-6-12(11(14)9-10)16-8-4-2-1-3-7-15/h5-6,9H,1-4,7-8,15H2. The molecule has 0 fully saturated rings. The van der Waals surface area contributed by atoms with Gasteiger partial charge in [0.15, 0.2) is 11.6 Å². The van der Waals surface area contributed by atoms with Crippen LogP contribution in [0.1, 0.15) is 25.7 Å². The van der Waals surface area contributed by atoms with E-state index in [4.69, 9.17) is 10.5 Å². The van der Waals surface area contributed by atoms with E-state index in [-0.39, 0.29) is 5.82 Å². The Labute approximate surface area is 104 Å². The van der Waals surface area contributed by atoms with Gasteiger partial charge in [-0.15, -0.1) is 0 Å². The average molecular weight is 290 g/mol. The molecule has 0 aliphatic heterocycles. The van der Waals surface area contributed by atoms with E-state index in [1.165, 1.54) is 6.07 Å². The van der Waals surface area contributed by atoms with Crippen molar-refractivity contribution >= 4 is 15.9 Å². The first-order valence-corrected chi connectivity index (χ1v) is 6.31. The highest BCUT2D eigenvalue weighted by molar-refractivity contribution is 9.10. The van der Waals surface area contributed by atoms with Gasteiger partial charge in [-0.25, -0.2) is 4.39 Å². The lowest BCUT2D eigenvalue weighted by atomic mass is 10.2. The SMILES string of the molecule is NCCCCCCOc1ccc(Br)cc1F. The fraction of sp³-hybridized carbons (Fsp3) is 0.500. The summed E-state index contributed by atoms with van der Waals surface area (Å²) < 4.78 is 19.4. The second-order valence-electron chi connectivity index (χ2n) is 3.63. The van der Waals surface area contributed by atoms with Crippen molar-refractivity contribution in [3.05, 3.63) is 28.5 Å². The van der Waals surface area contributed by atoms with Gasteiger partial charge in [-0.05, 0) is 37.6 Å². The van der Waals surface area contributed by atoms with Crippen molar-refractivity contribution in [1.29, 1.82) is 0 Å². The van der Waals surface area contributed by atoms with Crippen LogP contribution in [0.5, 0.6) is 5.75 Å². The first-order chi connectivity index (χ1) is 7.74. The number of hydrogen-bond donors (Lipinski definition) is 1.